The zero-order valence-electron chi connectivity index (χ0n) is 7.88. The van der Waals surface area contributed by atoms with E-state index in [9.17, 15) is 4.79 Å². The van der Waals surface area contributed by atoms with Gasteiger partial charge in [0.05, 0.1) is 5.56 Å². The monoisotopic (exact) mass is 254 g/mol. The second kappa shape index (κ2) is 3.39. The maximum absolute atomic E-state index is 10.8. The van der Waals surface area contributed by atoms with Gasteiger partial charge in [0.2, 0.25) is 0 Å². The fraction of sp³-hybridized carbons (Fsp3) is 0.364. The molecule has 1 aromatic rings. The number of aromatic carboxylic acids is 1. The van der Waals surface area contributed by atoms with Crippen molar-refractivity contribution in [3.05, 3.63) is 33.3 Å². The third kappa shape index (κ3) is 1.57. The Morgan fingerprint density at radius 1 is 1.50 bits per heavy atom. The maximum atomic E-state index is 10.8. The number of carbonyl (C=O) groups is 1. The van der Waals surface area contributed by atoms with Crippen LogP contribution in [0.1, 0.15) is 40.2 Å². The molecule has 1 fully saturated rings. The average Bonchev–Trinajstić information content (AvgIpc) is 2.92. The number of hydrogen-bond acceptors (Lipinski definition) is 1. The molecular formula is C11H11BrO2. The zero-order chi connectivity index (χ0) is 10.3. The lowest BCUT2D eigenvalue weighted by Crippen LogP contribution is -2.01. The molecule has 74 valence electrons. The molecular weight excluding hydrogens is 244 g/mol. The molecule has 0 aliphatic heterocycles. The van der Waals surface area contributed by atoms with Crippen LogP contribution in [0.25, 0.3) is 0 Å². The third-order valence-corrected chi connectivity index (χ3v) is 3.72. The van der Waals surface area contributed by atoms with E-state index in [1.807, 2.05) is 13.0 Å². The van der Waals surface area contributed by atoms with E-state index in [1.54, 1.807) is 6.07 Å². The van der Waals surface area contributed by atoms with Gasteiger partial charge in [-0.15, -0.1) is 0 Å². The van der Waals surface area contributed by atoms with Crippen LogP contribution >= 0.6 is 15.9 Å². The van der Waals surface area contributed by atoms with Gasteiger partial charge in [-0.3, -0.25) is 0 Å². The topological polar surface area (TPSA) is 37.3 Å². The zero-order valence-corrected chi connectivity index (χ0v) is 9.47. The van der Waals surface area contributed by atoms with Crippen molar-refractivity contribution in [1.82, 2.24) is 0 Å². The second-order valence-electron chi connectivity index (χ2n) is 3.72. The van der Waals surface area contributed by atoms with Gasteiger partial charge in [-0.2, -0.15) is 0 Å². The van der Waals surface area contributed by atoms with Gasteiger partial charge < -0.3 is 5.11 Å². The molecule has 0 aromatic heterocycles. The predicted molar refractivity (Wildman–Crippen MR) is 57.8 cm³/mol. The summed E-state index contributed by atoms with van der Waals surface area (Å²) in [7, 11) is 0. The van der Waals surface area contributed by atoms with Gasteiger partial charge in [0, 0.05) is 4.47 Å². The maximum Gasteiger partial charge on any atom is 0.335 e. The summed E-state index contributed by atoms with van der Waals surface area (Å²) in [4.78, 5) is 10.8. The standard InChI is InChI=1S/C11H11BrO2/c1-6-8(11(13)14)4-5-9(10(6)12)7-2-3-7/h4-5,7H,2-3H2,1H3,(H,13,14). The third-order valence-electron chi connectivity index (χ3n) is 2.66. The van der Waals surface area contributed by atoms with E-state index < -0.39 is 5.97 Å². The summed E-state index contributed by atoms with van der Waals surface area (Å²) in [5.41, 5.74) is 2.48. The molecule has 14 heavy (non-hydrogen) atoms. The molecule has 0 radical (unpaired) electrons. The van der Waals surface area contributed by atoms with E-state index in [1.165, 1.54) is 18.4 Å². The van der Waals surface area contributed by atoms with Crippen LogP contribution in [0.2, 0.25) is 0 Å². The predicted octanol–water partition coefficient (Wildman–Crippen LogP) is 3.33. The first kappa shape index (κ1) is 9.71. The van der Waals surface area contributed by atoms with E-state index in [-0.39, 0.29) is 0 Å². The molecule has 0 saturated heterocycles. The van der Waals surface area contributed by atoms with Crippen LogP contribution in [0.3, 0.4) is 0 Å². The smallest absolute Gasteiger partial charge is 0.335 e. The van der Waals surface area contributed by atoms with Gasteiger partial charge in [0.15, 0.2) is 0 Å². The molecule has 2 rings (SSSR count). The number of carboxylic acid groups (broad SMARTS) is 1. The van der Waals surface area contributed by atoms with Crippen molar-refractivity contribution in [2.24, 2.45) is 0 Å². The van der Waals surface area contributed by atoms with Crippen LogP contribution in [0.5, 0.6) is 0 Å². The molecule has 0 heterocycles. The first-order valence-corrected chi connectivity index (χ1v) is 5.43. The molecule has 0 atom stereocenters. The SMILES string of the molecule is Cc1c(C(=O)O)ccc(C2CC2)c1Br. The van der Waals surface area contributed by atoms with Crippen molar-refractivity contribution >= 4 is 21.9 Å². The van der Waals surface area contributed by atoms with E-state index in [0.29, 0.717) is 11.5 Å². The lowest BCUT2D eigenvalue weighted by molar-refractivity contribution is 0.0696. The van der Waals surface area contributed by atoms with E-state index >= 15 is 0 Å². The van der Waals surface area contributed by atoms with Gasteiger partial charge in [-0.1, -0.05) is 22.0 Å². The molecule has 0 unspecified atom stereocenters. The second-order valence-corrected chi connectivity index (χ2v) is 4.51. The first-order chi connectivity index (χ1) is 6.61. The summed E-state index contributed by atoms with van der Waals surface area (Å²) >= 11 is 3.48. The Kier molecular flexibility index (Phi) is 2.35. The van der Waals surface area contributed by atoms with Gasteiger partial charge in [0.1, 0.15) is 0 Å². The summed E-state index contributed by atoms with van der Waals surface area (Å²) < 4.78 is 0.972. The number of benzene rings is 1. The Morgan fingerprint density at radius 2 is 2.14 bits per heavy atom. The minimum Gasteiger partial charge on any atom is -0.478 e. The summed E-state index contributed by atoms with van der Waals surface area (Å²) in [6.45, 7) is 1.85. The number of rotatable bonds is 2. The van der Waals surface area contributed by atoms with Crippen molar-refractivity contribution in [3.8, 4) is 0 Å². The van der Waals surface area contributed by atoms with Crippen molar-refractivity contribution in [3.63, 3.8) is 0 Å². The fourth-order valence-corrected chi connectivity index (χ4v) is 2.32. The fourth-order valence-electron chi connectivity index (χ4n) is 1.65. The van der Waals surface area contributed by atoms with Gasteiger partial charge in [-0.25, -0.2) is 4.79 Å². The van der Waals surface area contributed by atoms with E-state index in [4.69, 9.17) is 5.11 Å². The summed E-state index contributed by atoms with van der Waals surface area (Å²) in [6, 6.07) is 3.63. The Labute approximate surface area is 91.1 Å². The molecule has 0 amide bonds. The number of halogens is 1. The number of carboxylic acids is 1. The normalized spacial score (nSPS) is 15.6. The molecule has 0 spiro atoms. The Bertz CT molecular complexity index is 395. The average molecular weight is 255 g/mol. The van der Waals surface area contributed by atoms with Crippen LogP contribution < -0.4 is 0 Å². The van der Waals surface area contributed by atoms with Crippen LogP contribution in [0.4, 0.5) is 0 Å². The van der Waals surface area contributed by atoms with Crippen molar-refractivity contribution in [2.45, 2.75) is 25.7 Å². The van der Waals surface area contributed by atoms with Crippen LogP contribution in [-0.2, 0) is 0 Å². The Balaban J connectivity index is 2.50. The minimum absolute atomic E-state index is 0.390. The highest BCUT2D eigenvalue weighted by Gasteiger charge is 2.27. The van der Waals surface area contributed by atoms with Gasteiger partial charge in [0.25, 0.3) is 0 Å². The molecule has 3 heteroatoms. The van der Waals surface area contributed by atoms with Crippen molar-refractivity contribution in [2.75, 3.05) is 0 Å². The lowest BCUT2D eigenvalue weighted by Gasteiger charge is -2.08. The highest BCUT2D eigenvalue weighted by atomic mass is 79.9. The van der Waals surface area contributed by atoms with Crippen molar-refractivity contribution < 1.29 is 9.90 Å². The summed E-state index contributed by atoms with van der Waals surface area (Å²) in [5.74, 6) is -0.212. The molecule has 1 aromatic carbocycles. The lowest BCUT2D eigenvalue weighted by atomic mass is 10.0. The summed E-state index contributed by atoms with van der Waals surface area (Å²) in [6.07, 6.45) is 2.45. The van der Waals surface area contributed by atoms with Gasteiger partial charge in [-0.05, 0) is 42.9 Å². The summed E-state index contributed by atoms with van der Waals surface area (Å²) in [5, 5.41) is 8.91. The van der Waals surface area contributed by atoms with Crippen LogP contribution in [0, 0.1) is 6.92 Å². The van der Waals surface area contributed by atoms with E-state index in [2.05, 4.69) is 15.9 Å². The molecule has 1 N–H and O–H groups in total. The highest BCUT2D eigenvalue weighted by molar-refractivity contribution is 9.10. The molecule has 1 aliphatic rings. The molecule has 2 nitrogen and oxygen atoms in total. The minimum atomic E-state index is -0.856. The molecule has 0 bridgehead atoms. The van der Waals surface area contributed by atoms with E-state index in [0.717, 1.165) is 10.0 Å². The molecule has 1 aliphatic carbocycles. The van der Waals surface area contributed by atoms with Gasteiger partial charge >= 0.3 is 5.97 Å². The Hall–Kier alpha value is -0.830. The molecule has 1 saturated carbocycles. The van der Waals surface area contributed by atoms with Crippen LogP contribution in [0.15, 0.2) is 16.6 Å². The quantitative estimate of drug-likeness (QED) is 0.879. The highest BCUT2D eigenvalue weighted by Crippen LogP contribution is 2.44. The number of hydrogen-bond donors (Lipinski definition) is 1. The largest absolute Gasteiger partial charge is 0.478 e. The van der Waals surface area contributed by atoms with Crippen LogP contribution in [-0.4, -0.2) is 11.1 Å². The van der Waals surface area contributed by atoms with Crippen molar-refractivity contribution in [1.29, 1.82) is 0 Å². The first-order valence-electron chi connectivity index (χ1n) is 4.63. The Morgan fingerprint density at radius 3 is 2.64 bits per heavy atom.